The van der Waals surface area contributed by atoms with E-state index < -0.39 is 0 Å². The molecular weight excluding hydrogens is 220 g/mol. The van der Waals surface area contributed by atoms with Gasteiger partial charge >= 0.3 is 0 Å². The Labute approximate surface area is 103 Å². The van der Waals surface area contributed by atoms with E-state index >= 15 is 0 Å². The molecule has 1 aromatic heterocycles. The van der Waals surface area contributed by atoms with E-state index in [0.717, 1.165) is 11.5 Å². The summed E-state index contributed by atoms with van der Waals surface area (Å²) in [5.41, 5.74) is 0.960. The first-order valence-electron chi connectivity index (χ1n) is 6.06. The van der Waals surface area contributed by atoms with Gasteiger partial charge in [0.05, 0.1) is 11.6 Å². The van der Waals surface area contributed by atoms with E-state index in [1.165, 1.54) is 32.1 Å². The number of aromatic nitrogens is 1. The van der Waals surface area contributed by atoms with Gasteiger partial charge in [0.25, 0.3) is 0 Å². The molecule has 1 aromatic rings. The maximum Gasteiger partial charge on any atom is 0.128 e. The lowest BCUT2D eigenvalue weighted by atomic mass is 9.94. The van der Waals surface area contributed by atoms with Gasteiger partial charge in [0, 0.05) is 13.1 Å². The van der Waals surface area contributed by atoms with Gasteiger partial charge in [-0.05, 0) is 25.0 Å². The molecular formula is C13H19ClN2. The molecule has 0 saturated heterocycles. The van der Waals surface area contributed by atoms with Crippen LogP contribution < -0.4 is 4.90 Å². The molecule has 88 valence electrons. The summed E-state index contributed by atoms with van der Waals surface area (Å²) in [6, 6.07) is 6.75. The number of halogens is 1. The van der Waals surface area contributed by atoms with E-state index in [0.29, 0.717) is 11.9 Å². The first-order valence-corrected chi connectivity index (χ1v) is 6.59. The van der Waals surface area contributed by atoms with Crippen LogP contribution in [0.15, 0.2) is 18.2 Å². The molecule has 1 aliphatic carbocycles. The molecule has 1 saturated carbocycles. The predicted octanol–water partition coefficient (Wildman–Crippen LogP) is 3.59. The zero-order valence-electron chi connectivity index (χ0n) is 9.82. The van der Waals surface area contributed by atoms with Gasteiger partial charge in [0.1, 0.15) is 5.82 Å². The number of pyridine rings is 1. The van der Waals surface area contributed by atoms with Crippen LogP contribution >= 0.6 is 11.6 Å². The van der Waals surface area contributed by atoms with Gasteiger partial charge in [-0.3, -0.25) is 0 Å². The van der Waals surface area contributed by atoms with Crippen molar-refractivity contribution in [3.05, 3.63) is 23.9 Å². The second-order valence-corrected chi connectivity index (χ2v) is 4.79. The zero-order valence-corrected chi connectivity index (χ0v) is 10.6. The van der Waals surface area contributed by atoms with Crippen LogP contribution in [-0.4, -0.2) is 18.1 Å². The molecule has 0 radical (unpaired) electrons. The summed E-state index contributed by atoms with van der Waals surface area (Å²) >= 11 is 5.81. The number of hydrogen-bond acceptors (Lipinski definition) is 2. The van der Waals surface area contributed by atoms with Crippen molar-refractivity contribution < 1.29 is 0 Å². The summed E-state index contributed by atoms with van der Waals surface area (Å²) in [4.78, 5) is 6.88. The highest BCUT2D eigenvalue weighted by atomic mass is 35.5. The monoisotopic (exact) mass is 238 g/mol. The van der Waals surface area contributed by atoms with Gasteiger partial charge < -0.3 is 4.90 Å². The number of rotatable bonds is 3. The van der Waals surface area contributed by atoms with E-state index in [2.05, 4.69) is 23.0 Å². The summed E-state index contributed by atoms with van der Waals surface area (Å²) in [6.07, 6.45) is 6.68. The fourth-order valence-corrected chi connectivity index (χ4v) is 2.54. The van der Waals surface area contributed by atoms with Gasteiger partial charge in [-0.15, -0.1) is 11.6 Å². The van der Waals surface area contributed by atoms with E-state index in [9.17, 15) is 0 Å². The van der Waals surface area contributed by atoms with Gasteiger partial charge in [-0.25, -0.2) is 4.98 Å². The van der Waals surface area contributed by atoms with Gasteiger partial charge in [0.15, 0.2) is 0 Å². The lowest BCUT2D eigenvalue weighted by Crippen LogP contribution is -2.33. The Morgan fingerprint density at radius 3 is 2.75 bits per heavy atom. The quantitative estimate of drug-likeness (QED) is 0.749. The molecule has 16 heavy (non-hydrogen) atoms. The number of nitrogens with zero attached hydrogens (tertiary/aromatic N) is 2. The van der Waals surface area contributed by atoms with Gasteiger partial charge in [-0.2, -0.15) is 0 Å². The third-order valence-corrected chi connectivity index (χ3v) is 3.69. The van der Waals surface area contributed by atoms with Crippen molar-refractivity contribution in [1.29, 1.82) is 0 Å². The van der Waals surface area contributed by atoms with Gasteiger partial charge in [0.2, 0.25) is 0 Å². The Hall–Kier alpha value is -0.760. The van der Waals surface area contributed by atoms with Crippen molar-refractivity contribution in [3.8, 4) is 0 Å². The highest BCUT2D eigenvalue weighted by Gasteiger charge is 2.18. The summed E-state index contributed by atoms with van der Waals surface area (Å²) in [7, 11) is 2.15. The summed E-state index contributed by atoms with van der Waals surface area (Å²) < 4.78 is 0. The van der Waals surface area contributed by atoms with E-state index in [-0.39, 0.29) is 0 Å². The second-order valence-electron chi connectivity index (χ2n) is 4.52. The number of hydrogen-bond donors (Lipinski definition) is 0. The zero-order chi connectivity index (χ0) is 11.4. The van der Waals surface area contributed by atoms with Crippen molar-refractivity contribution in [2.45, 2.75) is 44.0 Å². The predicted molar refractivity (Wildman–Crippen MR) is 69.1 cm³/mol. The Morgan fingerprint density at radius 1 is 1.31 bits per heavy atom. The van der Waals surface area contributed by atoms with Crippen LogP contribution in [0.3, 0.4) is 0 Å². The largest absolute Gasteiger partial charge is 0.357 e. The average Bonchev–Trinajstić information content (AvgIpc) is 2.39. The first-order chi connectivity index (χ1) is 7.81. The van der Waals surface area contributed by atoms with Crippen molar-refractivity contribution >= 4 is 17.4 Å². The third-order valence-electron chi connectivity index (χ3n) is 3.41. The maximum atomic E-state index is 5.81. The average molecular weight is 239 g/mol. The van der Waals surface area contributed by atoms with Crippen molar-refractivity contribution in [3.63, 3.8) is 0 Å². The molecule has 0 atom stereocenters. The molecule has 2 nitrogen and oxygen atoms in total. The standard InChI is InChI=1S/C13H19ClN2/c1-16(12-7-3-2-4-8-12)13-9-5-6-11(10-14)15-13/h5-6,9,12H,2-4,7-8,10H2,1H3. The van der Waals surface area contributed by atoms with Crippen LogP contribution in [0.5, 0.6) is 0 Å². The Balaban J connectivity index is 2.09. The van der Waals surface area contributed by atoms with E-state index in [4.69, 9.17) is 11.6 Å². The Bertz CT molecular complexity index is 334. The molecule has 1 fully saturated rings. The molecule has 0 bridgehead atoms. The molecule has 3 heteroatoms. The lowest BCUT2D eigenvalue weighted by Gasteiger charge is -2.32. The maximum absolute atomic E-state index is 5.81. The Morgan fingerprint density at radius 2 is 2.06 bits per heavy atom. The van der Waals surface area contributed by atoms with E-state index in [1.54, 1.807) is 0 Å². The number of alkyl halides is 1. The van der Waals surface area contributed by atoms with Crippen LogP contribution in [0.1, 0.15) is 37.8 Å². The third kappa shape index (κ3) is 2.67. The minimum Gasteiger partial charge on any atom is -0.357 e. The lowest BCUT2D eigenvalue weighted by molar-refractivity contribution is 0.426. The highest BCUT2D eigenvalue weighted by Crippen LogP contribution is 2.25. The van der Waals surface area contributed by atoms with Gasteiger partial charge in [-0.1, -0.05) is 25.3 Å². The SMILES string of the molecule is CN(c1cccc(CCl)n1)C1CCCCC1. The molecule has 0 N–H and O–H groups in total. The second kappa shape index (κ2) is 5.53. The van der Waals surface area contributed by atoms with Crippen LogP contribution in [-0.2, 0) is 5.88 Å². The van der Waals surface area contributed by atoms with Crippen LogP contribution in [0.2, 0.25) is 0 Å². The van der Waals surface area contributed by atoms with Crippen molar-refractivity contribution in [1.82, 2.24) is 4.98 Å². The summed E-state index contributed by atoms with van der Waals surface area (Å²) in [6.45, 7) is 0. The summed E-state index contributed by atoms with van der Waals surface area (Å²) in [5.74, 6) is 1.55. The molecule has 1 heterocycles. The summed E-state index contributed by atoms with van der Waals surface area (Å²) in [5, 5.41) is 0. The topological polar surface area (TPSA) is 16.1 Å². The first kappa shape index (κ1) is 11.7. The fourth-order valence-electron chi connectivity index (χ4n) is 2.39. The van der Waals surface area contributed by atoms with E-state index in [1.807, 2.05) is 12.1 Å². The minimum atomic E-state index is 0.492. The minimum absolute atomic E-state index is 0.492. The molecule has 0 amide bonds. The Kier molecular flexibility index (Phi) is 4.05. The van der Waals surface area contributed by atoms with Crippen LogP contribution in [0, 0.1) is 0 Å². The number of anilines is 1. The molecule has 0 spiro atoms. The fraction of sp³-hybridized carbons (Fsp3) is 0.615. The smallest absolute Gasteiger partial charge is 0.128 e. The highest BCUT2D eigenvalue weighted by molar-refractivity contribution is 6.16. The molecule has 2 rings (SSSR count). The van der Waals surface area contributed by atoms with Crippen molar-refractivity contribution in [2.75, 3.05) is 11.9 Å². The molecule has 0 unspecified atom stereocenters. The normalized spacial score (nSPS) is 17.4. The van der Waals surface area contributed by atoms with Crippen LogP contribution in [0.4, 0.5) is 5.82 Å². The van der Waals surface area contributed by atoms with Crippen molar-refractivity contribution in [2.24, 2.45) is 0 Å². The molecule has 1 aliphatic rings. The molecule has 0 aliphatic heterocycles. The van der Waals surface area contributed by atoms with Crippen LogP contribution in [0.25, 0.3) is 0 Å². The molecule has 0 aromatic carbocycles.